The maximum Gasteiger partial charge on any atom is 0.233 e. The molecule has 21 heavy (non-hydrogen) atoms. The molecule has 1 aliphatic heterocycles. The van der Waals surface area contributed by atoms with E-state index in [0.717, 1.165) is 18.4 Å². The first-order chi connectivity index (χ1) is 10.1. The number of thioether (sulfide) groups is 1. The average Bonchev–Trinajstić information content (AvgIpc) is 2.48. The number of hydrogen-bond acceptors (Lipinski definition) is 3. The normalized spacial score (nSPS) is 23.9. The fourth-order valence-electron chi connectivity index (χ4n) is 3.02. The lowest BCUT2D eigenvalue weighted by Crippen LogP contribution is -2.48. The number of amides is 1. The van der Waals surface area contributed by atoms with Gasteiger partial charge in [-0.05, 0) is 38.7 Å². The molecular weight excluding hydrogens is 282 g/mol. The Hall–Kier alpha value is -1.00. The summed E-state index contributed by atoms with van der Waals surface area (Å²) in [6.07, 6.45) is 2.92. The van der Waals surface area contributed by atoms with Gasteiger partial charge in [-0.25, -0.2) is 0 Å². The van der Waals surface area contributed by atoms with Gasteiger partial charge in [0.25, 0.3) is 0 Å². The molecule has 0 aromatic heterocycles. The summed E-state index contributed by atoms with van der Waals surface area (Å²) in [5.41, 5.74) is 0.914. The maximum absolute atomic E-state index is 12.4. The molecule has 2 rings (SSSR count). The lowest BCUT2D eigenvalue weighted by Gasteiger charge is -2.39. The summed E-state index contributed by atoms with van der Waals surface area (Å²) < 4.78 is 0. The van der Waals surface area contributed by atoms with E-state index >= 15 is 0 Å². The minimum Gasteiger partial charge on any atom is -0.388 e. The first-order valence-corrected chi connectivity index (χ1v) is 8.87. The number of carbonyl (C=O) groups is 1. The quantitative estimate of drug-likeness (QED) is 0.908. The highest BCUT2D eigenvalue weighted by molar-refractivity contribution is 7.99. The van der Waals surface area contributed by atoms with Gasteiger partial charge in [0.1, 0.15) is 0 Å². The summed E-state index contributed by atoms with van der Waals surface area (Å²) in [4.78, 5) is 14.4. The van der Waals surface area contributed by atoms with Crippen molar-refractivity contribution in [3.63, 3.8) is 0 Å². The van der Waals surface area contributed by atoms with Crippen molar-refractivity contribution in [2.75, 3.05) is 11.5 Å². The monoisotopic (exact) mass is 307 g/mol. The highest BCUT2D eigenvalue weighted by atomic mass is 32.2. The number of nitrogens with zero attached hydrogens (tertiary/aromatic N) is 1. The third-order valence-electron chi connectivity index (χ3n) is 4.17. The molecule has 1 N–H and O–H groups in total. The molecule has 1 amide bonds. The molecule has 116 valence electrons. The summed E-state index contributed by atoms with van der Waals surface area (Å²) >= 11 is 1.52. The molecule has 0 saturated carbocycles. The number of aliphatic hydroxyl groups excluding tert-OH is 1. The first kappa shape index (κ1) is 16.4. The molecule has 1 aliphatic rings. The maximum atomic E-state index is 12.4. The zero-order chi connectivity index (χ0) is 15.2. The van der Waals surface area contributed by atoms with Crippen LogP contribution in [0.4, 0.5) is 0 Å². The van der Waals surface area contributed by atoms with Crippen LogP contribution >= 0.6 is 11.8 Å². The molecule has 1 saturated heterocycles. The van der Waals surface area contributed by atoms with E-state index in [1.807, 2.05) is 35.2 Å². The van der Waals surface area contributed by atoms with E-state index in [2.05, 4.69) is 13.8 Å². The van der Waals surface area contributed by atoms with Crippen LogP contribution < -0.4 is 0 Å². The molecule has 1 fully saturated rings. The summed E-state index contributed by atoms with van der Waals surface area (Å²) in [5, 5.41) is 10.1. The Kier molecular flexibility index (Phi) is 6.12. The zero-order valence-electron chi connectivity index (χ0n) is 12.9. The van der Waals surface area contributed by atoms with Gasteiger partial charge in [0.2, 0.25) is 5.91 Å². The minimum absolute atomic E-state index is 0.208. The van der Waals surface area contributed by atoms with Gasteiger partial charge in [-0.15, -0.1) is 11.8 Å². The number of hydrogen-bond donors (Lipinski definition) is 1. The standard InChI is InChI=1S/C17H25NO2S/c1-13-7-6-8-14(2)18(13)17(20)12-21-11-16(19)15-9-4-3-5-10-15/h3-5,9-10,13-14,16,19H,6-8,11-12H2,1-2H3/t13-,14-,16+/m1/s1. The first-order valence-electron chi connectivity index (χ1n) is 7.71. The molecule has 3 atom stereocenters. The second kappa shape index (κ2) is 7.85. The molecule has 1 heterocycles. The van der Waals surface area contributed by atoms with E-state index in [4.69, 9.17) is 0 Å². The Morgan fingerprint density at radius 1 is 1.29 bits per heavy atom. The molecular formula is C17H25NO2S. The smallest absolute Gasteiger partial charge is 0.233 e. The van der Waals surface area contributed by atoms with Crippen LogP contribution in [0.15, 0.2) is 30.3 Å². The van der Waals surface area contributed by atoms with E-state index < -0.39 is 6.10 Å². The van der Waals surface area contributed by atoms with Crippen molar-refractivity contribution in [1.29, 1.82) is 0 Å². The van der Waals surface area contributed by atoms with Gasteiger partial charge >= 0.3 is 0 Å². The summed E-state index contributed by atoms with van der Waals surface area (Å²) in [6, 6.07) is 10.3. The van der Waals surface area contributed by atoms with E-state index in [-0.39, 0.29) is 5.91 Å². The highest BCUT2D eigenvalue weighted by Crippen LogP contribution is 2.24. The largest absolute Gasteiger partial charge is 0.388 e. The Labute approximate surface area is 131 Å². The van der Waals surface area contributed by atoms with Crippen molar-refractivity contribution in [2.24, 2.45) is 0 Å². The van der Waals surface area contributed by atoms with Gasteiger partial charge < -0.3 is 10.0 Å². The number of piperidine rings is 1. The topological polar surface area (TPSA) is 40.5 Å². The Balaban J connectivity index is 1.79. The van der Waals surface area contributed by atoms with Gasteiger partial charge in [-0.2, -0.15) is 0 Å². The van der Waals surface area contributed by atoms with Crippen molar-refractivity contribution in [3.8, 4) is 0 Å². The van der Waals surface area contributed by atoms with Crippen LogP contribution in [0.5, 0.6) is 0 Å². The van der Waals surface area contributed by atoms with Gasteiger partial charge in [0.15, 0.2) is 0 Å². The van der Waals surface area contributed by atoms with Gasteiger partial charge in [0, 0.05) is 17.8 Å². The summed E-state index contributed by atoms with van der Waals surface area (Å²) in [6.45, 7) is 4.27. The van der Waals surface area contributed by atoms with Gasteiger partial charge in [0.05, 0.1) is 11.9 Å². The van der Waals surface area contributed by atoms with Crippen LogP contribution in [-0.4, -0.2) is 39.5 Å². The number of likely N-dealkylation sites (tertiary alicyclic amines) is 1. The van der Waals surface area contributed by atoms with Crippen LogP contribution in [0.3, 0.4) is 0 Å². The molecule has 3 nitrogen and oxygen atoms in total. The number of aliphatic hydroxyl groups is 1. The van der Waals surface area contributed by atoms with Crippen molar-refractivity contribution >= 4 is 17.7 Å². The fraction of sp³-hybridized carbons (Fsp3) is 0.588. The average molecular weight is 307 g/mol. The predicted molar refractivity (Wildman–Crippen MR) is 88.3 cm³/mol. The molecule has 1 aromatic rings. The van der Waals surface area contributed by atoms with Crippen LogP contribution in [0.1, 0.15) is 44.8 Å². The molecule has 4 heteroatoms. The van der Waals surface area contributed by atoms with Crippen molar-refractivity contribution in [3.05, 3.63) is 35.9 Å². The minimum atomic E-state index is -0.500. The predicted octanol–water partition coefficient (Wildman–Crippen LogP) is 3.24. The third kappa shape index (κ3) is 4.48. The molecule has 0 unspecified atom stereocenters. The highest BCUT2D eigenvalue weighted by Gasteiger charge is 2.28. The number of rotatable bonds is 5. The SMILES string of the molecule is C[C@@H]1CCC[C@@H](C)N1C(=O)CSC[C@H](O)c1ccccc1. The van der Waals surface area contributed by atoms with Crippen LogP contribution in [0, 0.1) is 0 Å². The van der Waals surface area contributed by atoms with E-state index in [9.17, 15) is 9.90 Å². The summed E-state index contributed by atoms with van der Waals surface area (Å²) in [5.74, 6) is 1.23. The molecule has 0 radical (unpaired) electrons. The van der Waals surface area contributed by atoms with E-state index in [1.165, 1.54) is 18.2 Å². The Morgan fingerprint density at radius 3 is 2.52 bits per heavy atom. The lowest BCUT2D eigenvalue weighted by molar-refractivity contribution is -0.134. The molecule has 0 aliphatic carbocycles. The van der Waals surface area contributed by atoms with Crippen molar-refractivity contribution < 1.29 is 9.90 Å². The van der Waals surface area contributed by atoms with Gasteiger partial charge in [-0.3, -0.25) is 4.79 Å². The lowest BCUT2D eigenvalue weighted by atomic mass is 9.98. The Morgan fingerprint density at radius 2 is 1.90 bits per heavy atom. The van der Waals surface area contributed by atoms with Crippen LogP contribution in [0.2, 0.25) is 0 Å². The molecule has 0 bridgehead atoms. The fourth-order valence-corrected chi connectivity index (χ4v) is 3.87. The molecule has 1 aromatic carbocycles. The second-order valence-electron chi connectivity index (χ2n) is 5.87. The third-order valence-corrected chi connectivity index (χ3v) is 5.17. The summed E-state index contributed by atoms with van der Waals surface area (Å²) in [7, 11) is 0. The van der Waals surface area contributed by atoms with Gasteiger partial charge in [-0.1, -0.05) is 30.3 Å². The number of benzene rings is 1. The van der Waals surface area contributed by atoms with Crippen LogP contribution in [-0.2, 0) is 4.79 Å². The zero-order valence-corrected chi connectivity index (χ0v) is 13.7. The second-order valence-corrected chi connectivity index (χ2v) is 6.90. The van der Waals surface area contributed by atoms with Crippen molar-refractivity contribution in [2.45, 2.75) is 51.3 Å². The van der Waals surface area contributed by atoms with Crippen LogP contribution in [0.25, 0.3) is 0 Å². The van der Waals surface area contributed by atoms with Crippen molar-refractivity contribution in [1.82, 2.24) is 4.90 Å². The van der Waals surface area contributed by atoms with E-state index in [0.29, 0.717) is 23.6 Å². The Bertz CT molecular complexity index is 441. The number of carbonyl (C=O) groups excluding carboxylic acids is 1. The van der Waals surface area contributed by atoms with E-state index in [1.54, 1.807) is 0 Å². The molecule has 0 spiro atoms.